The molecule has 5 rings (SSSR count). The van der Waals surface area contributed by atoms with Crippen LogP contribution in [0.25, 0.3) is 11.1 Å². The van der Waals surface area contributed by atoms with Crippen molar-refractivity contribution in [3.05, 3.63) is 95.1 Å². The van der Waals surface area contributed by atoms with Gasteiger partial charge in [0, 0.05) is 31.6 Å². The van der Waals surface area contributed by atoms with Crippen molar-refractivity contribution in [2.24, 2.45) is 0 Å². The van der Waals surface area contributed by atoms with E-state index in [1.165, 1.54) is 32.1 Å². The van der Waals surface area contributed by atoms with Crippen molar-refractivity contribution in [3.63, 3.8) is 0 Å². The van der Waals surface area contributed by atoms with Crippen LogP contribution in [0.5, 0.6) is 0 Å². The lowest BCUT2D eigenvalue weighted by Crippen LogP contribution is -2.40. The molecule has 2 heterocycles. The summed E-state index contributed by atoms with van der Waals surface area (Å²) in [6.45, 7) is 6.15. The van der Waals surface area contributed by atoms with Crippen LogP contribution in [0.4, 0.5) is 4.79 Å². The van der Waals surface area contributed by atoms with Crippen LogP contribution in [0.2, 0.25) is 0 Å². The smallest absolute Gasteiger partial charge is 0.315 e. The van der Waals surface area contributed by atoms with E-state index in [-0.39, 0.29) is 24.8 Å². The van der Waals surface area contributed by atoms with Crippen molar-refractivity contribution in [3.8, 4) is 11.1 Å². The van der Waals surface area contributed by atoms with Crippen molar-refractivity contribution in [2.45, 2.75) is 77.1 Å². The van der Waals surface area contributed by atoms with E-state index < -0.39 is 6.29 Å². The molecular formula is C35H45N3O4. The number of aliphatic hydroxyl groups excluding tert-OH is 1. The van der Waals surface area contributed by atoms with Crippen LogP contribution >= 0.6 is 0 Å². The number of ether oxygens (including phenoxy) is 2. The summed E-state index contributed by atoms with van der Waals surface area (Å²) in [6, 6.07) is 24.6. The van der Waals surface area contributed by atoms with Gasteiger partial charge >= 0.3 is 6.03 Å². The number of carbonyl (C=O) groups is 1. The molecule has 42 heavy (non-hydrogen) atoms. The maximum Gasteiger partial charge on any atom is 0.315 e. The summed E-state index contributed by atoms with van der Waals surface area (Å²) < 4.78 is 13.3. The van der Waals surface area contributed by atoms with E-state index in [2.05, 4.69) is 64.1 Å². The van der Waals surface area contributed by atoms with Crippen molar-refractivity contribution in [2.75, 3.05) is 26.2 Å². The van der Waals surface area contributed by atoms with Gasteiger partial charge in [-0.3, -0.25) is 0 Å². The third kappa shape index (κ3) is 8.42. The fourth-order valence-corrected chi connectivity index (χ4v) is 5.95. The Bertz CT molecular complexity index is 1270. The molecular weight excluding hydrogens is 526 g/mol. The SMILES string of the molecule is CCNC(=O)NCc1cccc(-c2cccc([C@@H]3O[C@H](CN4CCCCCCC4)C[C@H](c4ccc(CO)cc4)O3)c2)c1. The van der Waals surface area contributed by atoms with Gasteiger partial charge in [0.1, 0.15) is 0 Å². The zero-order chi connectivity index (χ0) is 29.1. The number of hydrogen-bond donors (Lipinski definition) is 3. The minimum absolute atomic E-state index is 0.0329. The Kier molecular flexibility index (Phi) is 11.0. The minimum atomic E-state index is -0.483. The second kappa shape index (κ2) is 15.3. The van der Waals surface area contributed by atoms with Gasteiger partial charge in [0.2, 0.25) is 0 Å². The van der Waals surface area contributed by atoms with E-state index in [0.29, 0.717) is 13.1 Å². The highest BCUT2D eigenvalue weighted by Gasteiger charge is 2.33. The van der Waals surface area contributed by atoms with Gasteiger partial charge in [-0.25, -0.2) is 4.79 Å². The molecule has 2 aliphatic rings. The van der Waals surface area contributed by atoms with Crippen LogP contribution in [-0.2, 0) is 22.6 Å². The number of amides is 2. The van der Waals surface area contributed by atoms with E-state index in [4.69, 9.17) is 9.47 Å². The fraction of sp³-hybridized carbons (Fsp3) is 0.457. The molecule has 0 aromatic heterocycles. The molecule has 0 saturated carbocycles. The largest absolute Gasteiger partial charge is 0.392 e. The van der Waals surface area contributed by atoms with Gasteiger partial charge in [0.25, 0.3) is 0 Å². The van der Waals surface area contributed by atoms with Gasteiger partial charge in [-0.05, 0) is 72.8 Å². The highest BCUT2D eigenvalue weighted by Crippen LogP contribution is 2.39. The highest BCUT2D eigenvalue weighted by molar-refractivity contribution is 5.74. The highest BCUT2D eigenvalue weighted by atomic mass is 16.7. The lowest BCUT2D eigenvalue weighted by atomic mass is 9.98. The number of benzene rings is 3. The molecule has 7 heteroatoms. The van der Waals surface area contributed by atoms with Crippen molar-refractivity contribution in [1.82, 2.24) is 15.5 Å². The Hall–Kier alpha value is -3.23. The second-order valence-corrected chi connectivity index (χ2v) is 11.5. The number of likely N-dealkylation sites (tertiary alicyclic amines) is 1. The predicted octanol–water partition coefficient (Wildman–Crippen LogP) is 6.48. The molecule has 0 unspecified atom stereocenters. The summed E-state index contributed by atoms with van der Waals surface area (Å²) in [7, 11) is 0. The molecule has 3 atom stereocenters. The first-order valence-corrected chi connectivity index (χ1v) is 15.5. The molecule has 7 nitrogen and oxygen atoms in total. The molecule has 2 amide bonds. The van der Waals surface area contributed by atoms with Gasteiger partial charge in [-0.1, -0.05) is 79.9 Å². The molecule has 2 saturated heterocycles. The molecule has 3 aromatic carbocycles. The van der Waals surface area contributed by atoms with Gasteiger partial charge in [0.15, 0.2) is 6.29 Å². The summed E-state index contributed by atoms with van der Waals surface area (Å²) in [5.74, 6) is 0. The number of nitrogens with zero attached hydrogens (tertiary/aromatic N) is 1. The quantitative estimate of drug-likeness (QED) is 0.274. The number of urea groups is 1. The first kappa shape index (κ1) is 30.2. The molecule has 3 N–H and O–H groups in total. The Balaban J connectivity index is 1.35. The van der Waals surface area contributed by atoms with Crippen LogP contribution < -0.4 is 10.6 Å². The van der Waals surface area contributed by atoms with Crippen LogP contribution in [-0.4, -0.2) is 48.3 Å². The third-order valence-corrected chi connectivity index (χ3v) is 8.23. The number of nitrogens with one attached hydrogen (secondary N) is 2. The number of aliphatic hydroxyl groups is 1. The zero-order valence-electron chi connectivity index (χ0n) is 24.8. The van der Waals surface area contributed by atoms with Gasteiger partial charge in [-0.2, -0.15) is 0 Å². The van der Waals surface area contributed by atoms with E-state index >= 15 is 0 Å². The molecule has 3 aromatic rings. The van der Waals surface area contributed by atoms with Crippen molar-refractivity contribution < 1.29 is 19.4 Å². The molecule has 224 valence electrons. The summed E-state index contributed by atoms with van der Waals surface area (Å²) >= 11 is 0. The molecule has 0 aliphatic carbocycles. The summed E-state index contributed by atoms with van der Waals surface area (Å²) in [5.41, 5.74) is 6.20. The maximum absolute atomic E-state index is 11.9. The van der Waals surface area contributed by atoms with E-state index in [1.54, 1.807) is 0 Å². The monoisotopic (exact) mass is 571 g/mol. The molecule has 0 spiro atoms. The maximum atomic E-state index is 11.9. The summed E-state index contributed by atoms with van der Waals surface area (Å²) in [5, 5.41) is 15.2. The lowest BCUT2D eigenvalue weighted by molar-refractivity contribution is -0.253. The zero-order valence-corrected chi connectivity index (χ0v) is 24.8. The summed E-state index contributed by atoms with van der Waals surface area (Å²) in [6.07, 6.45) is 6.74. The standard InChI is InChI=1S/C35H45N3O4/c1-2-36-35(40)37-23-27-10-8-11-29(20-27)30-12-9-13-31(21-30)34-41-32(24-38-18-6-4-3-5-7-19-38)22-33(42-34)28-16-14-26(25-39)15-17-28/h8-17,20-21,32-34,39H,2-7,18-19,22-25H2,1H3,(H2,36,37,40)/t32-,33+,34+/m0/s1. The number of carbonyl (C=O) groups excluding carboxylic acids is 1. The van der Waals surface area contributed by atoms with Gasteiger partial charge in [-0.15, -0.1) is 0 Å². The van der Waals surface area contributed by atoms with Crippen molar-refractivity contribution in [1.29, 1.82) is 0 Å². The first-order chi connectivity index (χ1) is 20.6. The molecule has 2 fully saturated rings. The number of hydrogen-bond acceptors (Lipinski definition) is 5. The van der Waals surface area contributed by atoms with Crippen LogP contribution in [0.1, 0.15) is 80.1 Å². The second-order valence-electron chi connectivity index (χ2n) is 11.5. The molecule has 0 bridgehead atoms. The molecule has 0 radical (unpaired) electrons. The number of rotatable bonds is 9. The van der Waals surface area contributed by atoms with E-state index in [0.717, 1.165) is 59.4 Å². The fourth-order valence-electron chi connectivity index (χ4n) is 5.95. The average Bonchev–Trinajstić information content (AvgIpc) is 3.01. The van der Waals surface area contributed by atoms with Crippen LogP contribution in [0, 0.1) is 0 Å². The predicted molar refractivity (Wildman–Crippen MR) is 166 cm³/mol. The van der Waals surface area contributed by atoms with Crippen LogP contribution in [0.15, 0.2) is 72.8 Å². The first-order valence-electron chi connectivity index (χ1n) is 15.5. The lowest BCUT2D eigenvalue weighted by Gasteiger charge is -2.39. The third-order valence-electron chi connectivity index (χ3n) is 8.23. The minimum Gasteiger partial charge on any atom is -0.392 e. The van der Waals surface area contributed by atoms with Gasteiger partial charge < -0.3 is 30.1 Å². The summed E-state index contributed by atoms with van der Waals surface area (Å²) in [4.78, 5) is 14.5. The van der Waals surface area contributed by atoms with Crippen LogP contribution in [0.3, 0.4) is 0 Å². The normalized spacial score (nSPS) is 21.7. The average molecular weight is 572 g/mol. The van der Waals surface area contributed by atoms with Gasteiger partial charge in [0.05, 0.1) is 18.8 Å². The Morgan fingerprint density at radius 2 is 1.55 bits per heavy atom. The topological polar surface area (TPSA) is 83.1 Å². The Morgan fingerprint density at radius 1 is 0.833 bits per heavy atom. The van der Waals surface area contributed by atoms with E-state index in [9.17, 15) is 9.90 Å². The molecule has 2 aliphatic heterocycles. The van der Waals surface area contributed by atoms with Crippen molar-refractivity contribution >= 4 is 6.03 Å². The Labute approximate surface area is 250 Å². The van der Waals surface area contributed by atoms with E-state index in [1.807, 2.05) is 31.2 Å². The Morgan fingerprint density at radius 3 is 2.29 bits per heavy atom.